The van der Waals surface area contributed by atoms with E-state index in [1.165, 1.54) is 0 Å². The fraction of sp³-hybridized carbons (Fsp3) is 0.933. The minimum absolute atomic E-state index is 0.0497. The fourth-order valence-electron chi connectivity index (χ4n) is 2.70. The Morgan fingerprint density at radius 3 is 2.65 bits per heavy atom. The molecule has 1 heterocycles. The molecule has 0 radical (unpaired) electrons. The van der Waals surface area contributed by atoms with Crippen molar-refractivity contribution in [3.8, 4) is 0 Å². The van der Waals surface area contributed by atoms with Crippen LogP contribution in [0.2, 0.25) is 0 Å². The Morgan fingerprint density at radius 1 is 1.45 bits per heavy atom. The zero-order valence-electron chi connectivity index (χ0n) is 13.3. The first kappa shape index (κ1) is 17.4. The average molecular weight is 286 g/mol. The monoisotopic (exact) mass is 286 g/mol. The SMILES string of the molecule is CC(C)(CCN)CCC(=O)N1CC(CO)OC(C)(C)C1. The van der Waals surface area contributed by atoms with Crippen LogP contribution >= 0.6 is 0 Å². The lowest BCUT2D eigenvalue weighted by molar-refractivity contribution is -0.167. The summed E-state index contributed by atoms with van der Waals surface area (Å²) in [6.45, 7) is 9.86. The molecule has 0 spiro atoms. The highest BCUT2D eigenvalue weighted by Gasteiger charge is 2.35. The van der Waals surface area contributed by atoms with Crippen LogP contribution in [0.15, 0.2) is 0 Å². The van der Waals surface area contributed by atoms with Gasteiger partial charge in [0, 0.05) is 19.5 Å². The molecule has 1 rings (SSSR count). The van der Waals surface area contributed by atoms with Gasteiger partial charge in [-0.1, -0.05) is 13.8 Å². The van der Waals surface area contributed by atoms with Crippen molar-refractivity contribution in [1.82, 2.24) is 4.90 Å². The largest absolute Gasteiger partial charge is 0.394 e. The Kier molecular flexibility index (Phi) is 5.98. The van der Waals surface area contributed by atoms with Crippen molar-refractivity contribution in [3.63, 3.8) is 0 Å². The number of hydrogen-bond donors (Lipinski definition) is 2. The molecule has 0 aromatic carbocycles. The molecular weight excluding hydrogens is 256 g/mol. The summed E-state index contributed by atoms with van der Waals surface area (Å²) in [6.07, 6.45) is 2.01. The Balaban J connectivity index is 2.54. The van der Waals surface area contributed by atoms with E-state index >= 15 is 0 Å². The van der Waals surface area contributed by atoms with Crippen LogP contribution in [-0.2, 0) is 9.53 Å². The second kappa shape index (κ2) is 6.87. The third-order valence-corrected chi connectivity index (χ3v) is 3.87. The summed E-state index contributed by atoms with van der Waals surface area (Å²) in [5, 5.41) is 9.28. The summed E-state index contributed by atoms with van der Waals surface area (Å²) in [7, 11) is 0. The zero-order valence-corrected chi connectivity index (χ0v) is 13.3. The van der Waals surface area contributed by atoms with E-state index in [2.05, 4.69) is 13.8 Å². The lowest BCUT2D eigenvalue weighted by atomic mass is 9.84. The number of rotatable bonds is 6. The van der Waals surface area contributed by atoms with Crippen molar-refractivity contribution in [1.29, 1.82) is 0 Å². The van der Waals surface area contributed by atoms with E-state index in [0.717, 1.165) is 12.8 Å². The van der Waals surface area contributed by atoms with Crippen LogP contribution in [0.4, 0.5) is 0 Å². The van der Waals surface area contributed by atoms with Crippen LogP contribution in [0, 0.1) is 5.41 Å². The first-order valence-corrected chi connectivity index (χ1v) is 7.46. The van der Waals surface area contributed by atoms with Crippen LogP contribution in [0.3, 0.4) is 0 Å². The van der Waals surface area contributed by atoms with Crippen LogP contribution in [0.25, 0.3) is 0 Å². The third kappa shape index (κ3) is 5.38. The standard InChI is InChI=1S/C15H30N2O3/c1-14(2,7-8-16)6-5-13(19)17-9-12(10-18)20-15(3,4)11-17/h12,18H,5-11,16H2,1-4H3. The maximum absolute atomic E-state index is 12.4. The normalized spacial score (nSPS) is 22.9. The molecule has 0 bridgehead atoms. The van der Waals surface area contributed by atoms with Crippen molar-refractivity contribution in [2.24, 2.45) is 11.1 Å². The van der Waals surface area contributed by atoms with E-state index in [1.54, 1.807) is 0 Å². The zero-order chi connectivity index (χ0) is 15.4. The number of nitrogens with two attached hydrogens (primary N) is 1. The van der Waals surface area contributed by atoms with Gasteiger partial charge in [-0.3, -0.25) is 4.79 Å². The number of aliphatic hydroxyl groups is 1. The molecule has 1 saturated heterocycles. The van der Waals surface area contributed by atoms with Gasteiger partial charge in [-0.05, 0) is 38.6 Å². The lowest BCUT2D eigenvalue weighted by Crippen LogP contribution is -2.55. The minimum atomic E-state index is -0.395. The number of carbonyl (C=O) groups excluding carboxylic acids is 1. The summed E-state index contributed by atoms with van der Waals surface area (Å²) >= 11 is 0. The number of amides is 1. The molecule has 0 saturated carbocycles. The van der Waals surface area contributed by atoms with E-state index < -0.39 is 5.60 Å². The van der Waals surface area contributed by atoms with Crippen LogP contribution < -0.4 is 5.73 Å². The summed E-state index contributed by atoms with van der Waals surface area (Å²) < 4.78 is 5.73. The number of carbonyl (C=O) groups is 1. The topological polar surface area (TPSA) is 75.8 Å². The second-order valence-corrected chi connectivity index (χ2v) is 7.16. The number of hydrogen-bond acceptors (Lipinski definition) is 4. The molecule has 0 aliphatic carbocycles. The van der Waals surface area contributed by atoms with Gasteiger partial charge < -0.3 is 20.5 Å². The van der Waals surface area contributed by atoms with Crippen LogP contribution in [-0.4, -0.2) is 53.9 Å². The van der Waals surface area contributed by atoms with Gasteiger partial charge in [0.2, 0.25) is 5.91 Å². The molecule has 118 valence electrons. The van der Waals surface area contributed by atoms with E-state index in [-0.39, 0.29) is 24.0 Å². The number of aliphatic hydroxyl groups excluding tert-OH is 1. The fourth-order valence-corrected chi connectivity index (χ4v) is 2.70. The van der Waals surface area contributed by atoms with E-state index in [9.17, 15) is 9.90 Å². The molecule has 20 heavy (non-hydrogen) atoms. The Bertz CT molecular complexity index is 329. The van der Waals surface area contributed by atoms with E-state index in [4.69, 9.17) is 10.5 Å². The van der Waals surface area contributed by atoms with Crippen molar-refractivity contribution < 1.29 is 14.6 Å². The molecule has 5 heteroatoms. The van der Waals surface area contributed by atoms with E-state index in [0.29, 0.717) is 26.1 Å². The van der Waals surface area contributed by atoms with Gasteiger partial charge in [0.25, 0.3) is 0 Å². The highest BCUT2D eigenvalue weighted by molar-refractivity contribution is 5.76. The first-order valence-electron chi connectivity index (χ1n) is 7.46. The number of ether oxygens (including phenoxy) is 1. The maximum atomic E-state index is 12.4. The second-order valence-electron chi connectivity index (χ2n) is 7.16. The Hall–Kier alpha value is -0.650. The molecule has 0 aromatic rings. The predicted molar refractivity (Wildman–Crippen MR) is 79.3 cm³/mol. The van der Waals surface area contributed by atoms with Gasteiger partial charge in [-0.25, -0.2) is 0 Å². The van der Waals surface area contributed by atoms with Crippen molar-refractivity contribution in [2.75, 3.05) is 26.2 Å². The molecule has 1 aliphatic heterocycles. The molecule has 3 N–H and O–H groups in total. The molecule has 1 fully saturated rings. The van der Waals surface area contributed by atoms with E-state index in [1.807, 2.05) is 18.7 Å². The highest BCUT2D eigenvalue weighted by Crippen LogP contribution is 2.27. The van der Waals surface area contributed by atoms with Crippen molar-refractivity contribution >= 4 is 5.91 Å². The smallest absolute Gasteiger partial charge is 0.222 e. The summed E-state index contributed by atoms with van der Waals surface area (Å²) in [5.41, 5.74) is 5.30. The van der Waals surface area contributed by atoms with Crippen LogP contribution in [0.1, 0.15) is 47.0 Å². The lowest BCUT2D eigenvalue weighted by Gasteiger charge is -2.42. The number of morpholine rings is 1. The molecule has 1 aliphatic rings. The molecule has 1 amide bonds. The predicted octanol–water partition coefficient (Wildman–Crippen LogP) is 1.14. The van der Waals surface area contributed by atoms with Gasteiger partial charge in [-0.15, -0.1) is 0 Å². The van der Waals surface area contributed by atoms with Gasteiger partial charge in [0.15, 0.2) is 0 Å². The van der Waals surface area contributed by atoms with Gasteiger partial charge in [-0.2, -0.15) is 0 Å². The molecule has 5 nitrogen and oxygen atoms in total. The Morgan fingerprint density at radius 2 is 2.10 bits per heavy atom. The van der Waals surface area contributed by atoms with Crippen molar-refractivity contribution in [3.05, 3.63) is 0 Å². The highest BCUT2D eigenvalue weighted by atomic mass is 16.5. The third-order valence-electron chi connectivity index (χ3n) is 3.87. The summed E-state index contributed by atoms with van der Waals surface area (Å²) in [5.74, 6) is 0.143. The Labute approximate surface area is 122 Å². The molecule has 0 aromatic heterocycles. The first-order chi connectivity index (χ1) is 9.19. The summed E-state index contributed by atoms with van der Waals surface area (Å²) in [6, 6.07) is 0. The quantitative estimate of drug-likeness (QED) is 0.768. The van der Waals surface area contributed by atoms with Crippen LogP contribution in [0.5, 0.6) is 0 Å². The summed E-state index contributed by atoms with van der Waals surface area (Å²) in [4.78, 5) is 14.2. The average Bonchev–Trinajstić information content (AvgIpc) is 2.34. The van der Waals surface area contributed by atoms with Gasteiger partial charge in [0.05, 0.1) is 18.3 Å². The maximum Gasteiger partial charge on any atom is 0.222 e. The van der Waals surface area contributed by atoms with Crippen molar-refractivity contribution in [2.45, 2.75) is 58.7 Å². The van der Waals surface area contributed by atoms with Gasteiger partial charge in [0.1, 0.15) is 0 Å². The number of nitrogens with zero attached hydrogens (tertiary/aromatic N) is 1. The molecule has 1 atom stereocenters. The minimum Gasteiger partial charge on any atom is -0.394 e. The van der Waals surface area contributed by atoms with Gasteiger partial charge >= 0.3 is 0 Å². The molecule has 1 unspecified atom stereocenters. The molecular formula is C15H30N2O3.